The number of benzene rings is 3. The van der Waals surface area contributed by atoms with Gasteiger partial charge >= 0.3 is 6.09 Å². The highest BCUT2D eigenvalue weighted by molar-refractivity contribution is 6.35. The van der Waals surface area contributed by atoms with E-state index >= 15 is 0 Å². The Morgan fingerprint density at radius 3 is 2.33 bits per heavy atom. The van der Waals surface area contributed by atoms with Crippen LogP contribution in [0, 0.1) is 0 Å². The lowest BCUT2D eigenvalue weighted by Gasteiger charge is -2.31. The van der Waals surface area contributed by atoms with Gasteiger partial charge in [-0.2, -0.15) is 0 Å². The number of para-hydroxylation sites is 1. The van der Waals surface area contributed by atoms with Crippen molar-refractivity contribution in [2.75, 3.05) is 38.5 Å². The number of ether oxygens (including phenoxy) is 1. The molecular weight excluding hydrogens is 581 g/mol. The standard InChI is InChI=1S/C35H45Cl2N3O3/c1-39(26-28-24-29(36)25-32(37)34(28)41)20-12-5-3-2-4-6-13-21-40-22-18-30(19-23-40)43-35(42)38-33-17-11-10-16-31(33)27-14-8-7-9-15-27/h7-11,14-17,24-25,30,41H,2-6,12-13,18-23,26H2,1H3,(H,38,42). The van der Waals surface area contributed by atoms with Crippen molar-refractivity contribution in [2.45, 2.75) is 70.4 Å². The largest absolute Gasteiger partial charge is 0.506 e. The van der Waals surface area contributed by atoms with Crippen molar-refractivity contribution in [1.29, 1.82) is 0 Å². The summed E-state index contributed by atoms with van der Waals surface area (Å²) in [6, 6.07) is 21.2. The number of piperidine rings is 1. The van der Waals surface area contributed by atoms with Crippen LogP contribution in [0.1, 0.15) is 63.4 Å². The van der Waals surface area contributed by atoms with E-state index in [-0.39, 0.29) is 17.9 Å². The number of amides is 1. The molecule has 43 heavy (non-hydrogen) atoms. The number of phenolic OH excluding ortho intramolecular Hbond substituents is 1. The van der Waals surface area contributed by atoms with E-state index in [1.54, 1.807) is 12.1 Å². The fraction of sp³-hybridized carbons (Fsp3) is 0.457. The third-order valence-electron chi connectivity index (χ3n) is 8.12. The number of nitrogens with one attached hydrogen (secondary N) is 1. The van der Waals surface area contributed by atoms with Crippen LogP contribution in [-0.4, -0.2) is 60.3 Å². The number of carbonyl (C=O) groups is 1. The fourth-order valence-corrected chi connectivity index (χ4v) is 6.25. The second-order valence-corrected chi connectivity index (χ2v) is 12.4. The molecule has 1 aliphatic heterocycles. The van der Waals surface area contributed by atoms with Gasteiger partial charge in [-0.05, 0) is 69.6 Å². The number of anilines is 1. The van der Waals surface area contributed by atoms with Gasteiger partial charge in [-0.3, -0.25) is 5.32 Å². The Labute approximate surface area is 266 Å². The number of nitrogens with zero attached hydrogens (tertiary/aromatic N) is 2. The summed E-state index contributed by atoms with van der Waals surface area (Å²) >= 11 is 12.1. The molecule has 1 saturated heterocycles. The summed E-state index contributed by atoms with van der Waals surface area (Å²) in [7, 11) is 2.06. The van der Waals surface area contributed by atoms with Crippen molar-refractivity contribution < 1.29 is 14.6 Å². The second-order valence-electron chi connectivity index (χ2n) is 11.6. The van der Waals surface area contributed by atoms with Crippen molar-refractivity contribution in [3.05, 3.63) is 82.3 Å². The first-order chi connectivity index (χ1) is 20.9. The van der Waals surface area contributed by atoms with E-state index in [2.05, 4.69) is 22.2 Å². The molecule has 0 atom stereocenters. The molecule has 1 aliphatic rings. The normalized spacial score (nSPS) is 14.2. The maximum absolute atomic E-state index is 12.7. The second kappa shape index (κ2) is 17.5. The van der Waals surface area contributed by atoms with Gasteiger partial charge in [-0.1, -0.05) is 104 Å². The van der Waals surface area contributed by atoms with Crippen LogP contribution in [0.2, 0.25) is 10.0 Å². The van der Waals surface area contributed by atoms with Crippen LogP contribution >= 0.6 is 23.2 Å². The number of rotatable bonds is 15. The molecule has 1 amide bonds. The maximum atomic E-state index is 12.7. The molecule has 0 spiro atoms. The average Bonchev–Trinajstić information content (AvgIpc) is 3.00. The summed E-state index contributed by atoms with van der Waals surface area (Å²) in [6.45, 7) is 4.68. The molecule has 0 saturated carbocycles. The molecule has 3 aromatic carbocycles. The third kappa shape index (κ3) is 11.0. The van der Waals surface area contributed by atoms with Gasteiger partial charge in [0.05, 0.1) is 10.7 Å². The Morgan fingerprint density at radius 1 is 0.930 bits per heavy atom. The van der Waals surface area contributed by atoms with Gasteiger partial charge in [0.15, 0.2) is 0 Å². The van der Waals surface area contributed by atoms with Crippen molar-refractivity contribution in [3.63, 3.8) is 0 Å². The molecule has 4 rings (SSSR count). The minimum atomic E-state index is -0.376. The Bertz CT molecular complexity index is 1280. The minimum Gasteiger partial charge on any atom is -0.506 e. The molecule has 1 heterocycles. The van der Waals surface area contributed by atoms with Crippen LogP contribution in [0.4, 0.5) is 10.5 Å². The number of halogens is 2. The third-order valence-corrected chi connectivity index (χ3v) is 8.62. The molecule has 0 radical (unpaired) electrons. The highest BCUT2D eigenvalue weighted by atomic mass is 35.5. The van der Waals surface area contributed by atoms with Crippen LogP contribution in [0.3, 0.4) is 0 Å². The molecule has 1 fully saturated rings. The molecule has 6 nitrogen and oxygen atoms in total. The Morgan fingerprint density at radius 2 is 1.58 bits per heavy atom. The van der Waals surface area contributed by atoms with Gasteiger partial charge in [0, 0.05) is 35.8 Å². The lowest BCUT2D eigenvalue weighted by molar-refractivity contribution is 0.0584. The molecule has 0 aromatic heterocycles. The molecule has 0 unspecified atom stereocenters. The monoisotopic (exact) mass is 625 g/mol. The van der Waals surface area contributed by atoms with Gasteiger partial charge in [0.25, 0.3) is 0 Å². The zero-order valence-corrected chi connectivity index (χ0v) is 26.8. The number of unbranched alkanes of at least 4 members (excludes halogenated alkanes) is 6. The number of hydrogen-bond donors (Lipinski definition) is 2. The molecule has 3 aromatic rings. The number of phenols is 1. The molecular formula is C35H45Cl2N3O3. The molecule has 8 heteroatoms. The van der Waals surface area contributed by atoms with Crippen LogP contribution < -0.4 is 5.32 Å². The highest BCUT2D eigenvalue weighted by Crippen LogP contribution is 2.32. The van der Waals surface area contributed by atoms with Gasteiger partial charge in [-0.25, -0.2) is 4.79 Å². The Kier molecular flexibility index (Phi) is 13.5. The van der Waals surface area contributed by atoms with Crippen molar-refractivity contribution >= 4 is 35.0 Å². The van der Waals surface area contributed by atoms with Gasteiger partial charge in [0.1, 0.15) is 11.9 Å². The smallest absolute Gasteiger partial charge is 0.411 e. The van der Waals surface area contributed by atoms with Crippen LogP contribution in [0.15, 0.2) is 66.7 Å². The minimum absolute atomic E-state index is 0.0341. The van der Waals surface area contributed by atoms with Gasteiger partial charge in [0.2, 0.25) is 0 Å². The lowest BCUT2D eigenvalue weighted by Crippen LogP contribution is -2.38. The Hall–Kier alpha value is -2.77. The molecule has 232 valence electrons. The van der Waals surface area contributed by atoms with Crippen molar-refractivity contribution in [2.24, 2.45) is 0 Å². The summed E-state index contributed by atoms with van der Waals surface area (Å²) in [5, 5.41) is 14.0. The van der Waals surface area contributed by atoms with E-state index in [9.17, 15) is 9.90 Å². The quantitative estimate of drug-likeness (QED) is 0.165. The summed E-state index contributed by atoms with van der Waals surface area (Å²) in [5.41, 5.74) is 3.59. The van der Waals surface area contributed by atoms with Crippen molar-refractivity contribution in [1.82, 2.24) is 9.80 Å². The number of carbonyl (C=O) groups excluding carboxylic acids is 1. The summed E-state index contributed by atoms with van der Waals surface area (Å²) in [6.07, 6.45) is 9.98. The van der Waals surface area contributed by atoms with E-state index in [1.165, 1.54) is 38.5 Å². The SMILES string of the molecule is CN(CCCCCCCCCN1CCC(OC(=O)Nc2ccccc2-c2ccccc2)CC1)Cc1cc(Cl)cc(Cl)c1O. The number of likely N-dealkylation sites (tertiary alicyclic amines) is 1. The molecule has 0 aliphatic carbocycles. The molecule has 0 bridgehead atoms. The van der Waals surface area contributed by atoms with E-state index in [0.29, 0.717) is 16.6 Å². The van der Waals surface area contributed by atoms with E-state index in [0.717, 1.165) is 67.8 Å². The maximum Gasteiger partial charge on any atom is 0.411 e. The topological polar surface area (TPSA) is 65.0 Å². The average molecular weight is 627 g/mol. The van der Waals surface area contributed by atoms with Crippen LogP contribution in [0.25, 0.3) is 11.1 Å². The Balaban J connectivity index is 1.02. The highest BCUT2D eigenvalue weighted by Gasteiger charge is 2.22. The summed E-state index contributed by atoms with van der Waals surface area (Å²) < 4.78 is 5.78. The summed E-state index contributed by atoms with van der Waals surface area (Å²) in [5.74, 6) is 0.125. The predicted molar refractivity (Wildman–Crippen MR) is 178 cm³/mol. The zero-order chi connectivity index (χ0) is 30.4. The first kappa shape index (κ1) is 33.1. The predicted octanol–water partition coefficient (Wildman–Crippen LogP) is 9.24. The number of aromatic hydroxyl groups is 1. The summed E-state index contributed by atoms with van der Waals surface area (Å²) in [4.78, 5) is 17.4. The van der Waals surface area contributed by atoms with E-state index in [1.807, 2.05) is 54.6 Å². The number of hydrogen-bond acceptors (Lipinski definition) is 5. The van der Waals surface area contributed by atoms with Crippen molar-refractivity contribution in [3.8, 4) is 16.9 Å². The first-order valence-corrected chi connectivity index (χ1v) is 16.3. The van der Waals surface area contributed by atoms with Gasteiger partial charge < -0.3 is 19.6 Å². The zero-order valence-electron chi connectivity index (χ0n) is 25.2. The van der Waals surface area contributed by atoms with Gasteiger partial charge in [-0.15, -0.1) is 0 Å². The van der Waals surface area contributed by atoms with E-state index < -0.39 is 0 Å². The fourth-order valence-electron chi connectivity index (χ4n) is 5.71. The van der Waals surface area contributed by atoms with E-state index in [4.69, 9.17) is 27.9 Å². The first-order valence-electron chi connectivity index (χ1n) is 15.6. The van der Waals surface area contributed by atoms with Crippen LogP contribution in [-0.2, 0) is 11.3 Å². The molecule has 2 N–H and O–H groups in total. The lowest BCUT2D eigenvalue weighted by atomic mass is 10.0. The van der Waals surface area contributed by atoms with Crippen LogP contribution in [0.5, 0.6) is 5.75 Å².